The van der Waals surface area contributed by atoms with E-state index in [1.165, 1.54) is 6.42 Å². The lowest BCUT2D eigenvalue weighted by Crippen LogP contribution is -2.27. The molecule has 1 atom stereocenters. The second kappa shape index (κ2) is 4.33. The first-order chi connectivity index (χ1) is 7.90. The van der Waals surface area contributed by atoms with Gasteiger partial charge in [-0.05, 0) is 36.0 Å². The molecule has 1 fully saturated rings. The van der Waals surface area contributed by atoms with E-state index >= 15 is 0 Å². The smallest absolute Gasteiger partial charge is 0.253 e. The fraction of sp³-hybridized carbons (Fsp3) is 0.462. The number of hydrogen-bond donors (Lipinski definition) is 2. The predicted octanol–water partition coefficient (Wildman–Crippen LogP) is 2.81. The minimum Gasteiger partial charge on any atom is -0.398 e. The van der Waals surface area contributed by atoms with Crippen molar-refractivity contribution in [2.24, 2.45) is 11.3 Å². The zero-order valence-electron chi connectivity index (χ0n) is 10.1. The quantitative estimate of drug-likeness (QED) is 0.843. The SMILES string of the molecule is CC1(C)CC1CNC(=O)c1ccc(Br)cc1N. The van der Waals surface area contributed by atoms with Gasteiger partial charge in [0.1, 0.15) is 0 Å². The molecule has 0 saturated heterocycles. The van der Waals surface area contributed by atoms with Gasteiger partial charge in [-0.1, -0.05) is 29.8 Å². The molecular weight excluding hydrogens is 280 g/mol. The van der Waals surface area contributed by atoms with Crippen molar-refractivity contribution in [2.45, 2.75) is 20.3 Å². The number of halogens is 1. The van der Waals surface area contributed by atoms with Crippen molar-refractivity contribution in [3.8, 4) is 0 Å². The molecule has 1 aliphatic carbocycles. The van der Waals surface area contributed by atoms with Crippen LogP contribution in [0.3, 0.4) is 0 Å². The number of rotatable bonds is 3. The highest BCUT2D eigenvalue weighted by molar-refractivity contribution is 9.10. The molecule has 92 valence electrons. The summed E-state index contributed by atoms with van der Waals surface area (Å²) in [4.78, 5) is 11.9. The van der Waals surface area contributed by atoms with Crippen LogP contribution in [0.5, 0.6) is 0 Å². The van der Waals surface area contributed by atoms with Crippen molar-refractivity contribution < 1.29 is 4.79 Å². The third-order valence-electron chi connectivity index (χ3n) is 3.48. The molecule has 1 aromatic rings. The van der Waals surface area contributed by atoms with Gasteiger partial charge in [-0.25, -0.2) is 0 Å². The number of carbonyl (C=O) groups is 1. The van der Waals surface area contributed by atoms with Crippen molar-refractivity contribution in [1.29, 1.82) is 0 Å². The van der Waals surface area contributed by atoms with Crippen molar-refractivity contribution >= 4 is 27.5 Å². The first-order valence-electron chi connectivity index (χ1n) is 5.73. The van der Waals surface area contributed by atoms with Gasteiger partial charge < -0.3 is 11.1 Å². The Kier molecular flexibility index (Phi) is 3.17. The van der Waals surface area contributed by atoms with E-state index in [0.29, 0.717) is 22.6 Å². The lowest BCUT2D eigenvalue weighted by Gasteiger charge is -2.08. The molecular formula is C13H17BrN2O. The number of anilines is 1. The first kappa shape index (κ1) is 12.4. The Hall–Kier alpha value is -1.03. The van der Waals surface area contributed by atoms with Crippen LogP contribution >= 0.6 is 15.9 Å². The van der Waals surface area contributed by atoms with Crippen molar-refractivity contribution in [3.05, 3.63) is 28.2 Å². The largest absolute Gasteiger partial charge is 0.398 e. The highest BCUT2D eigenvalue weighted by atomic mass is 79.9. The summed E-state index contributed by atoms with van der Waals surface area (Å²) >= 11 is 3.32. The summed E-state index contributed by atoms with van der Waals surface area (Å²) < 4.78 is 0.884. The number of hydrogen-bond acceptors (Lipinski definition) is 2. The van der Waals surface area contributed by atoms with Gasteiger partial charge in [0.25, 0.3) is 5.91 Å². The number of benzene rings is 1. The number of nitrogens with two attached hydrogens (primary N) is 1. The molecule has 1 aromatic carbocycles. The Balaban J connectivity index is 1.96. The molecule has 1 amide bonds. The third-order valence-corrected chi connectivity index (χ3v) is 3.98. The molecule has 0 bridgehead atoms. The van der Waals surface area contributed by atoms with Gasteiger partial charge in [-0.3, -0.25) is 4.79 Å². The van der Waals surface area contributed by atoms with E-state index in [1.54, 1.807) is 12.1 Å². The normalized spacial score (nSPS) is 21.0. The Labute approximate surface area is 110 Å². The Morgan fingerprint density at radius 3 is 2.76 bits per heavy atom. The van der Waals surface area contributed by atoms with Crippen molar-refractivity contribution in [1.82, 2.24) is 5.32 Å². The van der Waals surface area contributed by atoms with Crippen LogP contribution in [-0.4, -0.2) is 12.5 Å². The maximum atomic E-state index is 11.9. The third kappa shape index (κ3) is 2.80. The number of nitrogen functional groups attached to an aromatic ring is 1. The summed E-state index contributed by atoms with van der Waals surface area (Å²) in [5.41, 5.74) is 7.25. The predicted molar refractivity (Wildman–Crippen MR) is 72.8 cm³/mol. The molecule has 0 aliphatic heterocycles. The van der Waals surface area contributed by atoms with Gasteiger partial charge in [-0.2, -0.15) is 0 Å². The van der Waals surface area contributed by atoms with E-state index < -0.39 is 0 Å². The number of amides is 1. The van der Waals surface area contributed by atoms with Gasteiger partial charge in [0.15, 0.2) is 0 Å². The van der Waals surface area contributed by atoms with Crippen LogP contribution in [0, 0.1) is 11.3 Å². The highest BCUT2D eigenvalue weighted by Gasteiger charge is 2.45. The van der Waals surface area contributed by atoms with Crippen LogP contribution in [0.2, 0.25) is 0 Å². The second-order valence-corrected chi connectivity index (χ2v) is 6.25. The molecule has 1 saturated carbocycles. The first-order valence-corrected chi connectivity index (χ1v) is 6.53. The minimum atomic E-state index is -0.0855. The number of nitrogens with one attached hydrogen (secondary N) is 1. The van der Waals surface area contributed by atoms with E-state index in [0.717, 1.165) is 11.0 Å². The van der Waals surface area contributed by atoms with E-state index in [9.17, 15) is 4.79 Å². The number of carbonyl (C=O) groups excluding carboxylic acids is 1. The summed E-state index contributed by atoms with van der Waals surface area (Å²) in [6, 6.07) is 5.31. The van der Waals surface area contributed by atoms with Gasteiger partial charge in [0, 0.05) is 16.7 Å². The van der Waals surface area contributed by atoms with E-state index in [2.05, 4.69) is 35.1 Å². The molecule has 3 N–H and O–H groups in total. The van der Waals surface area contributed by atoms with Crippen LogP contribution in [0.15, 0.2) is 22.7 Å². The summed E-state index contributed by atoms with van der Waals surface area (Å²) in [6.07, 6.45) is 1.18. The average molecular weight is 297 g/mol. The molecule has 0 heterocycles. The van der Waals surface area contributed by atoms with Crippen LogP contribution < -0.4 is 11.1 Å². The molecule has 0 aromatic heterocycles. The van der Waals surface area contributed by atoms with Crippen LogP contribution in [0.4, 0.5) is 5.69 Å². The maximum absolute atomic E-state index is 11.9. The molecule has 0 radical (unpaired) electrons. The average Bonchev–Trinajstić information content (AvgIpc) is 2.83. The van der Waals surface area contributed by atoms with Crippen LogP contribution in [-0.2, 0) is 0 Å². The van der Waals surface area contributed by atoms with Gasteiger partial charge in [0.2, 0.25) is 0 Å². The maximum Gasteiger partial charge on any atom is 0.253 e. The zero-order valence-corrected chi connectivity index (χ0v) is 11.7. The lowest BCUT2D eigenvalue weighted by atomic mass is 10.1. The van der Waals surface area contributed by atoms with Crippen LogP contribution in [0.25, 0.3) is 0 Å². The molecule has 3 nitrogen and oxygen atoms in total. The topological polar surface area (TPSA) is 55.1 Å². The monoisotopic (exact) mass is 296 g/mol. The zero-order chi connectivity index (χ0) is 12.6. The van der Waals surface area contributed by atoms with Crippen LogP contribution in [0.1, 0.15) is 30.6 Å². The minimum absolute atomic E-state index is 0.0855. The molecule has 1 unspecified atom stereocenters. The van der Waals surface area contributed by atoms with Gasteiger partial charge in [-0.15, -0.1) is 0 Å². The van der Waals surface area contributed by atoms with Crippen molar-refractivity contribution in [3.63, 3.8) is 0 Å². The molecule has 1 aliphatic rings. The van der Waals surface area contributed by atoms with E-state index in [4.69, 9.17) is 5.73 Å². The Bertz CT molecular complexity index is 457. The fourth-order valence-electron chi connectivity index (χ4n) is 1.98. The van der Waals surface area contributed by atoms with Gasteiger partial charge >= 0.3 is 0 Å². The standard InChI is InChI=1S/C13H17BrN2O/c1-13(2)6-8(13)7-16-12(17)10-4-3-9(14)5-11(10)15/h3-5,8H,6-7,15H2,1-2H3,(H,16,17). The Morgan fingerprint density at radius 1 is 1.59 bits per heavy atom. The lowest BCUT2D eigenvalue weighted by molar-refractivity contribution is 0.0951. The van der Waals surface area contributed by atoms with E-state index in [-0.39, 0.29) is 5.91 Å². The second-order valence-electron chi connectivity index (χ2n) is 5.33. The summed E-state index contributed by atoms with van der Waals surface area (Å²) in [5.74, 6) is 0.515. The van der Waals surface area contributed by atoms with Gasteiger partial charge in [0.05, 0.1) is 5.56 Å². The summed E-state index contributed by atoms with van der Waals surface area (Å²) in [7, 11) is 0. The summed E-state index contributed by atoms with van der Waals surface area (Å²) in [5, 5.41) is 2.94. The molecule has 4 heteroatoms. The highest BCUT2D eigenvalue weighted by Crippen LogP contribution is 2.50. The van der Waals surface area contributed by atoms with Crippen molar-refractivity contribution in [2.75, 3.05) is 12.3 Å². The molecule has 0 spiro atoms. The van der Waals surface area contributed by atoms with E-state index in [1.807, 2.05) is 6.07 Å². The fourth-order valence-corrected chi connectivity index (χ4v) is 2.35. The summed E-state index contributed by atoms with van der Waals surface area (Å²) in [6.45, 7) is 5.18. The molecule has 2 rings (SSSR count). The molecule has 17 heavy (non-hydrogen) atoms. The Morgan fingerprint density at radius 2 is 2.24 bits per heavy atom.